The quantitative estimate of drug-likeness (QED) is 0.479. The summed E-state index contributed by atoms with van der Waals surface area (Å²) < 4.78 is 0. The fourth-order valence-corrected chi connectivity index (χ4v) is 5.55. The summed E-state index contributed by atoms with van der Waals surface area (Å²) >= 11 is 0. The van der Waals surface area contributed by atoms with Crippen LogP contribution in [0.3, 0.4) is 0 Å². The molecule has 0 nitrogen and oxygen atoms in total. The molecule has 0 N–H and O–H groups in total. The zero-order valence-corrected chi connectivity index (χ0v) is 16.8. The van der Waals surface area contributed by atoms with E-state index in [2.05, 4.69) is 38.1 Å². The van der Waals surface area contributed by atoms with Gasteiger partial charge in [-0.1, -0.05) is 76.6 Å². The van der Waals surface area contributed by atoms with Crippen LogP contribution in [0.25, 0.3) is 0 Å². The highest BCUT2D eigenvalue weighted by Crippen LogP contribution is 2.42. The maximum atomic E-state index is 2.38. The summed E-state index contributed by atoms with van der Waals surface area (Å²) in [5.74, 6) is 4.20. The average Bonchev–Trinajstić information content (AvgIpc) is 2.68. The van der Waals surface area contributed by atoms with Gasteiger partial charge in [-0.3, -0.25) is 0 Å². The highest BCUT2D eigenvalue weighted by Gasteiger charge is 2.30. The molecule has 0 heteroatoms. The largest absolute Gasteiger partial charge is 0.0651 e. The van der Waals surface area contributed by atoms with E-state index in [1.54, 1.807) is 5.56 Å². The van der Waals surface area contributed by atoms with E-state index in [0.29, 0.717) is 0 Å². The molecule has 140 valence electrons. The minimum absolute atomic E-state index is 0.999. The van der Waals surface area contributed by atoms with Crippen LogP contribution >= 0.6 is 0 Å². The van der Waals surface area contributed by atoms with Crippen LogP contribution in [0.2, 0.25) is 0 Å². The van der Waals surface area contributed by atoms with Crippen molar-refractivity contribution in [1.82, 2.24) is 0 Å². The SMILES string of the molecule is CCCc1ccc(CC[C@H]2CC[C@H]([C@H]3CC[C@H](CC)CC3)CC2)cc1. The van der Waals surface area contributed by atoms with E-state index < -0.39 is 0 Å². The molecule has 0 atom stereocenters. The van der Waals surface area contributed by atoms with Gasteiger partial charge in [0.05, 0.1) is 0 Å². The molecule has 0 saturated heterocycles. The van der Waals surface area contributed by atoms with Crippen molar-refractivity contribution in [1.29, 1.82) is 0 Å². The number of benzene rings is 1. The molecule has 2 aliphatic carbocycles. The third kappa shape index (κ3) is 5.60. The fraction of sp³-hybridized carbons (Fsp3) is 0.760. The van der Waals surface area contributed by atoms with Gasteiger partial charge in [0.1, 0.15) is 0 Å². The Morgan fingerprint density at radius 3 is 1.60 bits per heavy atom. The molecule has 1 aromatic carbocycles. The number of aryl methyl sites for hydroxylation is 2. The Morgan fingerprint density at radius 2 is 1.12 bits per heavy atom. The molecule has 25 heavy (non-hydrogen) atoms. The molecule has 3 rings (SSSR count). The van der Waals surface area contributed by atoms with Gasteiger partial charge < -0.3 is 0 Å². The molecule has 0 amide bonds. The highest BCUT2D eigenvalue weighted by atomic mass is 14.4. The van der Waals surface area contributed by atoms with Crippen molar-refractivity contribution in [3.63, 3.8) is 0 Å². The van der Waals surface area contributed by atoms with Crippen LogP contribution in [-0.2, 0) is 12.8 Å². The number of hydrogen-bond donors (Lipinski definition) is 0. The summed E-state index contributed by atoms with van der Waals surface area (Å²) in [6.07, 6.45) is 18.8. The van der Waals surface area contributed by atoms with Gasteiger partial charge in [0, 0.05) is 0 Å². The summed E-state index contributed by atoms with van der Waals surface area (Å²) in [5.41, 5.74) is 3.06. The van der Waals surface area contributed by atoms with Gasteiger partial charge in [-0.25, -0.2) is 0 Å². The van der Waals surface area contributed by atoms with Crippen LogP contribution in [0.5, 0.6) is 0 Å². The lowest BCUT2D eigenvalue weighted by Crippen LogP contribution is -2.25. The van der Waals surface area contributed by atoms with E-state index in [9.17, 15) is 0 Å². The van der Waals surface area contributed by atoms with Gasteiger partial charge >= 0.3 is 0 Å². The van der Waals surface area contributed by atoms with Gasteiger partial charge in [0.15, 0.2) is 0 Å². The van der Waals surface area contributed by atoms with Crippen LogP contribution in [0, 0.1) is 23.7 Å². The molecule has 0 radical (unpaired) electrons. The summed E-state index contributed by atoms with van der Waals surface area (Å²) in [7, 11) is 0. The lowest BCUT2D eigenvalue weighted by atomic mass is 9.68. The molecule has 2 fully saturated rings. The minimum Gasteiger partial charge on any atom is -0.0651 e. The van der Waals surface area contributed by atoms with Gasteiger partial charge in [-0.15, -0.1) is 0 Å². The molecule has 0 aromatic heterocycles. The molecule has 0 aliphatic heterocycles. The van der Waals surface area contributed by atoms with Crippen LogP contribution < -0.4 is 0 Å². The first-order chi connectivity index (χ1) is 12.3. The Hall–Kier alpha value is -0.780. The van der Waals surface area contributed by atoms with Crippen molar-refractivity contribution >= 4 is 0 Å². The van der Waals surface area contributed by atoms with Gasteiger partial charge in [0.25, 0.3) is 0 Å². The maximum absolute atomic E-state index is 2.38. The maximum Gasteiger partial charge on any atom is -0.0276 e. The van der Waals surface area contributed by atoms with Crippen molar-refractivity contribution in [2.45, 2.75) is 97.3 Å². The molecule has 1 aromatic rings. The Bertz CT molecular complexity index is 469. The second kappa shape index (κ2) is 9.79. The smallest absolute Gasteiger partial charge is 0.0276 e. The second-order valence-corrected chi connectivity index (χ2v) is 9.08. The van der Waals surface area contributed by atoms with Gasteiger partial charge in [-0.05, 0) is 79.7 Å². The van der Waals surface area contributed by atoms with Crippen molar-refractivity contribution in [2.24, 2.45) is 23.7 Å². The van der Waals surface area contributed by atoms with Crippen LogP contribution in [0.15, 0.2) is 24.3 Å². The summed E-state index contributed by atoms with van der Waals surface area (Å²) in [4.78, 5) is 0. The third-order valence-corrected chi connectivity index (χ3v) is 7.43. The van der Waals surface area contributed by atoms with E-state index in [0.717, 1.165) is 23.7 Å². The van der Waals surface area contributed by atoms with E-state index >= 15 is 0 Å². The minimum atomic E-state index is 0.999. The lowest BCUT2D eigenvalue weighted by molar-refractivity contribution is 0.142. The first-order valence-electron chi connectivity index (χ1n) is 11.4. The molecule has 0 heterocycles. The zero-order valence-electron chi connectivity index (χ0n) is 16.8. The molecule has 2 aliphatic rings. The van der Waals surface area contributed by atoms with Crippen molar-refractivity contribution in [3.8, 4) is 0 Å². The predicted octanol–water partition coefficient (Wildman–Crippen LogP) is 7.59. The van der Waals surface area contributed by atoms with Gasteiger partial charge in [0.2, 0.25) is 0 Å². The Kier molecular flexibility index (Phi) is 7.44. The second-order valence-electron chi connectivity index (χ2n) is 9.08. The molecule has 0 unspecified atom stereocenters. The molecular weight excluding hydrogens is 300 g/mol. The van der Waals surface area contributed by atoms with E-state index in [1.165, 1.54) is 89.0 Å². The van der Waals surface area contributed by atoms with E-state index in [1.807, 2.05) is 0 Å². The molecule has 0 spiro atoms. The predicted molar refractivity (Wildman–Crippen MR) is 110 cm³/mol. The van der Waals surface area contributed by atoms with E-state index in [-0.39, 0.29) is 0 Å². The Morgan fingerprint density at radius 1 is 0.640 bits per heavy atom. The third-order valence-electron chi connectivity index (χ3n) is 7.43. The van der Waals surface area contributed by atoms with Crippen LogP contribution in [0.1, 0.15) is 95.6 Å². The summed E-state index contributed by atoms with van der Waals surface area (Å²) in [6, 6.07) is 9.45. The summed E-state index contributed by atoms with van der Waals surface area (Å²) in [6.45, 7) is 4.65. The highest BCUT2D eigenvalue weighted by molar-refractivity contribution is 5.22. The first kappa shape index (κ1) is 19.0. The van der Waals surface area contributed by atoms with Crippen molar-refractivity contribution in [3.05, 3.63) is 35.4 Å². The van der Waals surface area contributed by atoms with E-state index in [4.69, 9.17) is 0 Å². The molecular formula is C25H40. The zero-order chi connectivity index (χ0) is 17.5. The monoisotopic (exact) mass is 340 g/mol. The van der Waals surface area contributed by atoms with Crippen LogP contribution in [-0.4, -0.2) is 0 Å². The normalized spacial score (nSPS) is 30.3. The molecule has 0 bridgehead atoms. The van der Waals surface area contributed by atoms with Crippen molar-refractivity contribution in [2.75, 3.05) is 0 Å². The topological polar surface area (TPSA) is 0 Å². The Balaban J connectivity index is 1.36. The van der Waals surface area contributed by atoms with Crippen molar-refractivity contribution < 1.29 is 0 Å². The Labute approximate surface area is 156 Å². The molecule has 2 saturated carbocycles. The fourth-order valence-electron chi connectivity index (χ4n) is 5.55. The summed E-state index contributed by atoms with van der Waals surface area (Å²) in [5, 5.41) is 0. The lowest BCUT2D eigenvalue weighted by Gasteiger charge is -2.37. The number of rotatable bonds is 7. The standard InChI is InChI=1S/C25H40/c1-3-5-21-6-8-22(9-7-21)10-11-23-14-18-25(19-15-23)24-16-12-20(4-2)13-17-24/h6-9,20,23-25H,3-5,10-19H2,1-2H3/t20-,23-,24-,25-. The van der Waals surface area contributed by atoms with Gasteiger partial charge in [-0.2, -0.15) is 0 Å². The first-order valence-corrected chi connectivity index (χ1v) is 11.4. The average molecular weight is 341 g/mol. The number of hydrogen-bond acceptors (Lipinski definition) is 0. The van der Waals surface area contributed by atoms with Crippen LogP contribution in [0.4, 0.5) is 0 Å².